The van der Waals surface area contributed by atoms with Crippen LogP contribution in [0.5, 0.6) is 0 Å². The zero-order valence-electron chi connectivity index (χ0n) is 13.8. The summed E-state index contributed by atoms with van der Waals surface area (Å²) in [6, 6.07) is -0.302. The molecule has 2 aliphatic rings. The van der Waals surface area contributed by atoms with Crippen LogP contribution in [0.1, 0.15) is 19.3 Å². The molecule has 2 fully saturated rings. The minimum Gasteiger partial charge on any atom is -0.383 e. The van der Waals surface area contributed by atoms with Gasteiger partial charge in [-0.1, -0.05) is 0 Å². The van der Waals surface area contributed by atoms with E-state index in [9.17, 15) is 9.59 Å². The highest BCUT2D eigenvalue weighted by Gasteiger charge is 2.34. The number of nitrogens with zero attached hydrogens (tertiary/aromatic N) is 2. The molecule has 2 amide bonds. The molecule has 1 atom stereocenters. The summed E-state index contributed by atoms with van der Waals surface area (Å²) in [6.07, 6.45) is 2.73. The number of methoxy groups -OCH3 is 1. The standard InChI is InChI=1S/C15H27N3O4.ClH/c1-21-9-5-16-12-14(19)18-6-3-2-4-13(18)15(20)17-7-10-22-11-8-17;/h13,16H,2-12H2,1H3;1H. The summed E-state index contributed by atoms with van der Waals surface area (Å²) in [5, 5.41) is 3.06. The van der Waals surface area contributed by atoms with Crippen LogP contribution in [-0.4, -0.2) is 87.3 Å². The van der Waals surface area contributed by atoms with Crippen LogP contribution >= 0.6 is 12.4 Å². The number of hydrogen-bond acceptors (Lipinski definition) is 5. The highest BCUT2D eigenvalue weighted by atomic mass is 35.5. The predicted octanol–water partition coefficient (Wildman–Crippen LogP) is -0.116. The summed E-state index contributed by atoms with van der Waals surface area (Å²) in [7, 11) is 1.63. The van der Waals surface area contributed by atoms with Gasteiger partial charge in [0.15, 0.2) is 0 Å². The molecule has 0 bridgehead atoms. The third kappa shape index (κ3) is 5.91. The Morgan fingerprint density at radius 3 is 2.65 bits per heavy atom. The number of carbonyl (C=O) groups is 2. The number of ether oxygens (including phenoxy) is 2. The highest BCUT2D eigenvalue weighted by molar-refractivity contribution is 5.88. The molecule has 2 heterocycles. The SMILES string of the molecule is COCCNCC(=O)N1CCCCC1C(=O)N1CCOCC1.Cl. The van der Waals surface area contributed by atoms with Crippen molar-refractivity contribution in [3.63, 3.8) is 0 Å². The summed E-state index contributed by atoms with van der Waals surface area (Å²) in [5.41, 5.74) is 0. The Bertz CT molecular complexity index is 378. The summed E-state index contributed by atoms with van der Waals surface area (Å²) < 4.78 is 10.2. The van der Waals surface area contributed by atoms with Gasteiger partial charge >= 0.3 is 0 Å². The van der Waals surface area contributed by atoms with E-state index >= 15 is 0 Å². The molecule has 134 valence electrons. The van der Waals surface area contributed by atoms with Gasteiger partial charge in [-0.15, -0.1) is 12.4 Å². The molecule has 0 radical (unpaired) electrons. The minimum absolute atomic E-state index is 0. The molecule has 1 N–H and O–H groups in total. The van der Waals surface area contributed by atoms with Gasteiger partial charge in [0.25, 0.3) is 0 Å². The number of nitrogens with one attached hydrogen (secondary N) is 1. The predicted molar refractivity (Wildman–Crippen MR) is 88.7 cm³/mol. The van der Waals surface area contributed by atoms with Crippen LogP contribution in [0.25, 0.3) is 0 Å². The summed E-state index contributed by atoms with van der Waals surface area (Å²) in [6.45, 7) is 4.58. The molecule has 23 heavy (non-hydrogen) atoms. The van der Waals surface area contributed by atoms with Crippen molar-refractivity contribution in [3.05, 3.63) is 0 Å². The van der Waals surface area contributed by atoms with E-state index in [4.69, 9.17) is 9.47 Å². The van der Waals surface area contributed by atoms with Gasteiger partial charge in [-0.3, -0.25) is 9.59 Å². The van der Waals surface area contributed by atoms with E-state index in [2.05, 4.69) is 5.32 Å². The quantitative estimate of drug-likeness (QED) is 0.677. The molecule has 0 aromatic heterocycles. The fraction of sp³-hybridized carbons (Fsp3) is 0.867. The Hall–Kier alpha value is -0.890. The number of carbonyl (C=O) groups excluding carboxylic acids is 2. The third-order valence-corrected chi connectivity index (χ3v) is 4.19. The zero-order valence-corrected chi connectivity index (χ0v) is 14.6. The van der Waals surface area contributed by atoms with Crippen molar-refractivity contribution in [1.82, 2.24) is 15.1 Å². The molecule has 2 rings (SSSR count). The van der Waals surface area contributed by atoms with Crippen molar-refractivity contribution >= 4 is 24.2 Å². The zero-order chi connectivity index (χ0) is 15.8. The maximum atomic E-state index is 12.7. The van der Waals surface area contributed by atoms with Crippen LogP contribution in [-0.2, 0) is 19.1 Å². The molecule has 0 spiro atoms. The topological polar surface area (TPSA) is 71.1 Å². The van der Waals surface area contributed by atoms with Crippen LogP contribution in [0.4, 0.5) is 0 Å². The fourth-order valence-corrected chi connectivity index (χ4v) is 2.95. The van der Waals surface area contributed by atoms with Crippen LogP contribution in [0.2, 0.25) is 0 Å². The number of rotatable bonds is 6. The van der Waals surface area contributed by atoms with E-state index in [0.29, 0.717) is 46.0 Å². The second kappa shape index (κ2) is 10.8. The van der Waals surface area contributed by atoms with E-state index in [1.807, 2.05) is 4.90 Å². The highest BCUT2D eigenvalue weighted by Crippen LogP contribution is 2.19. The van der Waals surface area contributed by atoms with Crippen LogP contribution in [0.3, 0.4) is 0 Å². The first-order valence-electron chi connectivity index (χ1n) is 8.09. The minimum atomic E-state index is -0.302. The van der Waals surface area contributed by atoms with E-state index < -0.39 is 0 Å². The van der Waals surface area contributed by atoms with Crippen molar-refractivity contribution in [2.45, 2.75) is 25.3 Å². The van der Waals surface area contributed by atoms with Gasteiger partial charge in [0.2, 0.25) is 11.8 Å². The Kier molecular flexibility index (Phi) is 9.47. The smallest absolute Gasteiger partial charge is 0.245 e. The van der Waals surface area contributed by atoms with E-state index in [1.54, 1.807) is 12.0 Å². The Labute approximate surface area is 144 Å². The lowest BCUT2D eigenvalue weighted by atomic mass is 10.0. The molecule has 2 saturated heterocycles. The summed E-state index contributed by atoms with van der Waals surface area (Å²) in [5.74, 6) is 0.0793. The number of piperidine rings is 1. The van der Waals surface area contributed by atoms with Gasteiger partial charge in [-0.2, -0.15) is 0 Å². The van der Waals surface area contributed by atoms with Gasteiger partial charge in [0.1, 0.15) is 6.04 Å². The Balaban J connectivity index is 0.00000264. The van der Waals surface area contributed by atoms with Gasteiger partial charge < -0.3 is 24.6 Å². The number of likely N-dealkylation sites (tertiary alicyclic amines) is 1. The average molecular weight is 350 g/mol. The second-order valence-electron chi connectivity index (χ2n) is 5.71. The van der Waals surface area contributed by atoms with Crippen molar-refractivity contribution in [2.24, 2.45) is 0 Å². The normalized spacial score (nSPS) is 21.7. The molecule has 2 aliphatic heterocycles. The molecular weight excluding hydrogens is 322 g/mol. The first-order chi connectivity index (χ1) is 10.7. The van der Waals surface area contributed by atoms with E-state index in [0.717, 1.165) is 19.3 Å². The molecule has 7 nitrogen and oxygen atoms in total. The monoisotopic (exact) mass is 349 g/mol. The number of amides is 2. The van der Waals surface area contributed by atoms with Crippen LogP contribution < -0.4 is 5.32 Å². The van der Waals surface area contributed by atoms with Gasteiger partial charge in [0.05, 0.1) is 26.4 Å². The molecule has 1 unspecified atom stereocenters. The maximum Gasteiger partial charge on any atom is 0.245 e. The molecule has 0 aromatic carbocycles. The van der Waals surface area contributed by atoms with Crippen molar-refractivity contribution in [1.29, 1.82) is 0 Å². The van der Waals surface area contributed by atoms with E-state index in [-0.39, 0.29) is 36.8 Å². The summed E-state index contributed by atoms with van der Waals surface area (Å²) in [4.78, 5) is 28.6. The molecule has 0 aliphatic carbocycles. The van der Waals surface area contributed by atoms with Gasteiger partial charge in [-0.25, -0.2) is 0 Å². The number of morpholine rings is 1. The molecule has 8 heteroatoms. The molecular formula is C15H28ClN3O4. The third-order valence-electron chi connectivity index (χ3n) is 4.19. The first kappa shape index (κ1) is 20.2. The second-order valence-corrected chi connectivity index (χ2v) is 5.71. The maximum absolute atomic E-state index is 12.7. The van der Waals surface area contributed by atoms with E-state index in [1.165, 1.54) is 0 Å². The molecule has 0 aromatic rings. The number of halogens is 1. The summed E-state index contributed by atoms with van der Waals surface area (Å²) >= 11 is 0. The number of hydrogen-bond donors (Lipinski definition) is 1. The lowest BCUT2D eigenvalue weighted by Gasteiger charge is -2.38. The van der Waals surface area contributed by atoms with Crippen molar-refractivity contribution < 1.29 is 19.1 Å². The lowest BCUT2D eigenvalue weighted by Crippen LogP contribution is -2.56. The van der Waals surface area contributed by atoms with Gasteiger partial charge in [0, 0.05) is 33.3 Å². The van der Waals surface area contributed by atoms with Gasteiger partial charge in [-0.05, 0) is 19.3 Å². The Morgan fingerprint density at radius 1 is 1.22 bits per heavy atom. The van der Waals surface area contributed by atoms with Crippen molar-refractivity contribution in [2.75, 3.05) is 59.7 Å². The molecule has 0 saturated carbocycles. The lowest BCUT2D eigenvalue weighted by molar-refractivity contribution is -0.149. The Morgan fingerprint density at radius 2 is 1.96 bits per heavy atom. The largest absolute Gasteiger partial charge is 0.383 e. The van der Waals surface area contributed by atoms with Crippen LogP contribution in [0, 0.1) is 0 Å². The average Bonchev–Trinajstić information content (AvgIpc) is 2.58. The van der Waals surface area contributed by atoms with Crippen LogP contribution in [0.15, 0.2) is 0 Å². The van der Waals surface area contributed by atoms with Crippen molar-refractivity contribution in [3.8, 4) is 0 Å². The fourth-order valence-electron chi connectivity index (χ4n) is 2.95. The first-order valence-corrected chi connectivity index (χ1v) is 8.09.